The Kier molecular flexibility index (Phi) is 6.18. The normalized spacial score (nSPS) is 12.0. The van der Waals surface area contributed by atoms with Gasteiger partial charge >= 0.3 is 0 Å². The van der Waals surface area contributed by atoms with E-state index in [0.717, 1.165) is 27.5 Å². The molecule has 6 nitrogen and oxygen atoms in total. The SMILES string of the molecule is CC(C)(c1ccncc1)c1cc(Cl)cc(NC(=O)c2cc3cc(NS(C)(=O)=O)ccc3s2)c1. The molecular formula is C24H22ClN3O3S2. The molecule has 0 aliphatic heterocycles. The molecule has 4 aromatic rings. The number of aromatic nitrogens is 1. The lowest BCUT2D eigenvalue weighted by Gasteiger charge is -2.26. The molecule has 4 rings (SSSR count). The van der Waals surface area contributed by atoms with Crippen LogP contribution in [0.15, 0.2) is 67.0 Å². The van der Waals surface area contributed by atoms with E-state index in [1.165, 1.54) is 11.3 Å². The molecule has 0 spiro atoms. The number of carbonyl (C=O) groups excluding carboxylic acids is 1. The maximum Gasteiger partial charge on any atom is 0.265 e. The van der Waals surface area contributed by atoms with Gasteiger partial charge in [-0.15, -0.1) is 11.3 Å². The Hall–Kier alpha value is -2.94. The van der Waals surface area contributed by atoms with Crippen molar-refractivity contribution in [3.63, 3.8) is 0 Å². The van der Waals surface area contributed by atoms with Crippen molar-refractivity contribution in [2.24, 2.45) is 0 Å². The fourth-order valence-corrected chi connectivity index (χ4v) is 5.31. The van der Waals surface area contributed by atoms with E-state index in [-0.39, 0.29) is 11.3 Å². The number of sulfonamides is 1. The van der Waals surface area contributed by atoms with Gasteiger partial charge in [0.05, 0.1) is 11.1 Å². The van der Waals surface area contributed by atoms with Gasteiger partial charge in [0.15, 0.2) is 0 Å². The highest BCUT2D eigenvalue weighted by atomic mass is 35.5. The number of nitrogens with one attached hydrogen (secondary N) is 2. The second-order valence-electron chi connectivity index (χ2n) is 8.28. The van der Waals surface area contributed by atoms with Crippen molar-refractivity contribution >= 4 is 60.3 Å². The molecule has 33 heavy (non-hydrogen) atoms. The Bertz CT molecular complexity index is 1450. The van der Waals surface area contributed by atoms with Crippen LogP contribution >= 0.6 is 22.9 Å². The number of fused-ring (bicyclic) bond motifs is 1. The van der Waals surface area contributed by atoms with Gasteiger partial charge in [0.2, 0.25) is 10.0 Å². The average molecular weight is 500 g/mol. The summed E-state index contributed by atoms with van der Waals surface area (Å²) in [5.41, 5.74) is 2.76. The van der Waals surface area contributed by atoms with E-state index in [1.807, 2.05) is 24.3 Å². The van der Waals surface area contributed by atoms with Crippen molar-refractivity contribution in [3.8, 4) is 0 Å². The first-order chi connectivity index (χ1) is 15.5. The van der Waals surface area contributed by atoms with Gasteiger partial charge in [0, 0.05) is 38.9 Å². The van der Waals surface area contributed by atoms with E-state index in [2.05, 4.69) is 28.9 Å². The van der Waals surface area contributed by atoms with Gasteiger partial charge < -0.3 is 5.32 Å². The fraction of sp³-hybridized carbons (Fsp3) is 0.167. The van der Waals surface area contributed by atoms with Crippen LogP contribution in [0.4, 0.5) is 11.4 Å². The van der Waals surface area contributed by atoms with Crippen LogP contribution < -0.4 is 10.0 Å². The highest BCUT2D eigenvalue weighted by Gasteiger charge is 2.24. The number of amides is 1. The molecule has 0 saturated heterocycles. The minimum Gasteiger partial charge on any atom is -0.321 e. The van der Waals surface area contributed by atoms with Crippen LogP contribution in [0, 0.1) is 0 Å². The van der Waals surface area contributed by atoms with Gasteiger partial charge in [-0.25, -0.2) is 8.42 Å². The van der Waals surface area contributed by atoms with Crippen LogP contribution in [0.5, 0.6) is 0 Å². The topological polar surface area (TPSA) is 88.2 Å². The molecule has 0 radical (unpaired) electrons. The van der Waals surface area contributed by atoms with Gasteiger partial charge in [0.25, 0.3) is 5.91 Å². The number of pyridine rings is 1. The van der Waals surface area contributed by atoms with E-state index < -0.39 is 10.0 Å². The molecule has 0 saturated carbocycles. The lowest BCUT2D eigenvalue weighted by atomic mass is 9.78. The summed E-state index contributed by atoms with van der Waals surface area (Å²) in [5, 5.41) is 4.25. The van der Waals surface area contributed by atoms with E-state index in [0.29, 0.717) is 21.3 Å². The van der Waals surface area contributed by atoms with Crippen molar-refractivity contribution < 1.29 is 13.2 Å². The van der Waals surface area contributed by atoms with Crippen LogP contribution in [0.3, 0.4) is 0 Å². The fourth-order valence-electron chi connectivity index (χ4n) is 3.58. The summed E-state index contributed by atoms with van der Waals surface area (Å²) in [5.74, 6) is -0.260. The van der Waals surface area contributed by atoms with Gasteiger partial charge in [-0.3, -0.25) is 14.5 Å². The summed E-state index contributed by atoms with van der Waals surface area (Å²) in [4.78, 5) is 17.6. The number of hydrogen-bond donors (Lipinski definition) is 2. The third kappa shape index (κ3) is 5.35. The predicted octanol–water partition coefficient (Wildman–Crippen LogP) is 5.90. The minimum atomic E-state index is -3.38. The molecule has 2 N–H and O–H groups in total. The van der Waals surface area contributed by atoms with Crippen molar-refractivity contribution in [1.82, 2.24) is 4.98 Å². The Morgan fingerprint density at radius 3 is 2.39 bits per heavy atom. The van der Waals surface area contributed by atoms with Crippen LogP contribution in [-0.2, 0) is 15.4 Å². The lowest BCUT2D eigenvalue weighted by Crippen LogP contribution is -2.19. The summed E-state index contributed by atoms with van der Waals surface area (Å²) in [6.07, 6.45) is 4.60. The predicted molar refractivity (Wildman–Crippen MR) is 136 cm³/mol. The van der Waals surface area contributed by atoms with Crippen molar-refractivity contribution in [1.29, 1.82) is 0 Å². The van der Waals surface area contributed by atoms with Crippen molar-refractivity contribution in [2.45, 2.75) is 19.3 Å². The highest BCUT2D eigenvalue weighted by molar-refractivity contribution is 7.92. The first-order valence-electron chi connectivity index (χ1n) is 10.1. The molecule has 0 aliphatic rings. The quantitative estimate of drug-likeness (QED) is 0.345. The Morgan fingerprint density at radius 2 is 1.70 bits per heavy atom. The number of benzene rings is 2. The molecule has 0 atom stereocenters. The molecule has 170 valence electrons. The molecule has 0 bridgehead atoms. The van der Waals surface area contributed by atoms with Crippen LogP contribution in [0.25, 0.3) is 10.1 Å². The molecule has 0 aliphatic carbocycles. The van der Waals surface area contributed by atoms with Crippen LogP contribution in [0.2, 0.25) is 5.02 Å². The zero-order valence-electron chi connectivity index (χ0n) is 18.2. The maximum atomic E-state index is 13.0. The number of rotatable bonds is 6. The maximum absolute atomic E-state index is 13.0. The molecule has 2 heterocycles. The average Bonchev–Trinajstić information content (AvgIpc) is 3.16. The molecule has 2 aromatic heterocycles. The molecule has 2 aromatic carbocycles. The summed E-state index contributed by atoms with van der Waals surface area (Å²) in [7, 11) is -3.38. The zero-order chi connectivity index (χ0) is 23.8. The summed E-state index contributed by atoms with van der Waals surface area (Å²) in [6, 6.07) is 16.4. The molecule has 9 heteroatoms. The van der Waals surface area contributed by atoms with E-state index >= 15 is 0 Å². The van der Waals surface area contributed by atoms with E-state index in [4.69, 9.17) is 11.6 Å². The first kappa shape index (κ1) is 23.2. The number of thiophene rings is 1. The molecule has 0 unspecified atom stereocenters. The van der Waals surface area contributed by atoms with Crippen molar-refractivity contribution in [2.75, 3.05) is 16.3 Å². The van der Waals surface area contributed by atoms with E-state index in [1.54, 1.807) is 42.7 Å². The number of halogens is 1. The Labute approximate surface area is 201 Å². The standard InChI is InChI=1S/C24H22ClN3O3S2/c1-24(2,16-6-8-26-9-7-16)17-12-18(25)14-20(13-17)27-23(29)22-11-15-10-19(28-33(3,30)31)4-5-21(15)32-22/h4-14,28H,1-3H3,(H,27,29). The van der Waals surface area contributed by atoms with Gasteiger partial charge in [-0.05, 0) is 71.1 Å². The van der Waals surface area contributed by atoms with Crippen LogP contribution in [0.1, 0.15) is 34.6 Å². The first-order valence-corrected chi connectivity index (χ1v) is 13.1. The lowest BCUT2D eigenvalue weighted by molar-refractivity contribution is 0.103. The van der Waals surface area contributed by atoms with Gasteiger partial charge in [-0.2, -0.15) is 0 Å². The third-order valence-corrected chi connectivity index (χ3v) is 7.26. The summed E-state index contributed by atoms with van der Waals surface area (Å²) in [6.45, 7) is 4.18. The van der Waals surface area contributed by atoms with Gasteiger partial charge in [-0.1, -0.05) is 25.4 Å². The minimum absolute atomic E-state index is 0.260. The molecular weight excluding hydrogens is 478 g/mol. The van der Waals surface area contributed by atoms with Crippen LogP contribution in [-0.4, -0.2) is 25.6 Å². The zero-order valence-corrected chi connectivity index (χ0v) is 20.6. The van der Waals surface area contributed by atoms with Gasteiger partial charge in [0.1, 0.15) is 0 Å². The molecule has 1 amide bonds. The number of anilines is 2. The number of hydrogen-bond acceptors (Lipinski definition) is 5. The third-order valence-electron chi connectivity index (χ3n) is 5.32. The number of nitrogens with zero attached hydrogens (tertiary/aromatic N) is 1. The van der Waals surface area contributed by atoms with Crippen molar-refractivity contribution in [3.05, 3.63) is 88.0 Å². The smallest absolute Gasteiger partial charge is 0.265 e. The monoisotopic (exact) mass is 499 g/mol. The van der Waals surface area contributed by atoms with E-state index in [9.17, 15) is 13.2 Å². The largest absolute Gasteiger partial charge is 0.321 e. The second kappa shape index (κ2) is 8.78. The number of carbonyl (C=O) groups is 1. The molecule has 0 fully saturated rings. The summed E-state index contributed by atoms with van der Waals surface area (Å²) >= 11 is 7.72. The Balaban J connectivity index is 1.60. The summed E-state index contributed by atoms with van der Waals surface area (Å²) < 4.78 is 26.3. The second-order valence-corrected chi connectivity index (χ2v) is 11.5. The highest BCUT2D eigenvalue weighted by Crippen LogP contribution is 2.35. The Morgan fingerprint density at radius 1 is 0.970 bits per heavy atom.